The first-order chi connectivity index (χ1) is 14.6. The zero-order valence-corrected chi connectivity index (χ0v) is 17.0. The minimum absolute atomic E-state index is 0.117. The second-order valence-corrected chi connectivity index (χ2v) is 6.82. The number of imidazole rings is 1. The highest BCUT2D eigenvalue weighted by Gasteiger charge is 2.08. The molecule has 0 aliphatic heterocycles. The molecule has 3 rings (SSSR count). The fourth-order valence-electron chi connectivity index (χ4n) is 2.87. The van der Waals surface area contributed by atoms with Gasteiger partial charge < -0.3 is 19.9 Å². The number of rotatable bonds is 10. The molecule has 30 heavy (non-hydrogen) atoms. The van der Waals surface area contributed by atoms with Gasteiger partial charge in [-0.2, -0.15) is 0 Å². The quantitative estimate of drug-likeness (QED) is 0.541. The van der Waals surface area contributed by atoms with E-state index in [4.69, 9.17) is 4.74 Å². The maximum Gasteiger partial charge on any atom is 0.251 e. The summed E-state index contributed by atoms with van der Waals surface area (Å²) >= 11 is 0. The molecule has 2 amide bonds. The van der Waals surface area contributed by atoms with Crippen LogP contribution in [-0.4, -0.2) is 28.0 Å². The molecule has 0 spiro atoms. The van der Waals surface area contributed by atoms with Crippen molar-refractivity contribution in [1.82, 2.24) is 14.9 Å². The predicted octanol–water partition coefficient (Wildman–Crippen LogP) is 3.38. The van der Waals surface area contributed by atoms with E-state index in [1.54, 1.807) is 36.8 Å². The third-order valence-corrected chi connectivity index (χ3v) is 4.51. The van der Waals surface area contributed by atoms with Crippen molar-refractivity contribution in [3.63, 3.8) is 0 Å². The molecule has 0 atom stereocenters. The van der Waals surface area contributed by atoms with Gasteiger partial charge in [-0.25, -0.2) is 4.98 Å². The summed E-state index contributed by atoms with van der Waals surface area (Å²) in [6.45, 7) is 4.21. The predicted molar refractivity (Wildman–Crippen MR) is 115 cm³/mol. The fourth-order valence-corrected chi connectivity index (χ4v) is 2.87. The lowest BCUT2D eigenvalue weighted by atomic mass is 10.1. The Balaban J connectivity index is 1.49. The lowest BCUT2D eigenvalue weighted by molar-refractivity contribution is -0.116. The van der Waals surface area contributed by atoms with Crippen LogP contribution in [0.5, 0.6) is 0 Å². The lowest BCUT2D eigenvalue weighted by Gasteiger charge is -2.09. The van der Waals surface area contributed by atoms with Gasteiger partial charge in [-0.3, -0.25) is 9.59 Å². The zero-order valence-electron chi connectivity index (χ0n) is 17.0. The van der Waals surface area contributed by atoms with Crippen molar-refractivity contribution < 1.29 is 14.3 Å². The number of aryl methyl sites for hydroxylation is 1. The van der Waals surface area contributed by atoms with E-state index in [9.17, 15) is 9.59 Å². The number of aromatic nitrogens is 2. The number of amides is 2. The number of nitrogens with one attached hydrogen (secondary N) is 2. The van der Waals surface area contributed by atoms with E-state index in [-0.39, 0.29) is 11.8 Å². The number of carbonyl (C=O) groups is 2. The Hall–Kier alpha value is -3.45. The van der Waals surface area contributed by atoms with Crippen LogP contribution in [0.4, 0.5) is 5.69 Å². The second-order valence-electron chi connectivity index (χ2n) is 6.82. The Morgan fingerprint density at radius 3 is 2.63 bits per heavy atom. The standard InChI is InChI=1S/C23H26N4O3/c1-2-30-16-19-8-6-18(7-9-19)15-25-23(29)20-4-3-5-21(14-20)26-22(28)10-12-27-13-11-24-17-27/h3-9,11,13-14,17H,2,10,12,15-16H2,1H3,(H,25,29)(H,26,28). The van der Waals surface area contributed by atoms with Crippen LogP contribution in [0.25, 0.3) is 0 Å². The van der Waals surface area contributed by atoms with Crippen molar-refractivity contribution in [3.8, 4) is 0 Å². The molecule has 0 radical (unpaired) electrons. The SMILES string of the molecule is CCOCc1ccc(CNC(=O)c2cccc(NC(=O)CCn3ccnc3)c2)cc1. The monoisotopic (exact) mass is 406 g/mol. The van der Waals surface area contributed by atoms with Gasteiger partial charge in [0.05, 0.1) is 12.9 Å². The molecule has 0 bridgehead atoms. The summed E-state index contributed by atoms with van der Waals surface area (Å²) < 4.78 is 7.22. The molecule has 3 aromatic rings. The minimum atomic E-state index is -0.192. The normalized spacial score (nSPS) is 10.6. The molecule has 2 aromatic carbocycles. The number of benzene rings is 2. The van der Waals surface area contributed by atoms with Crippen LogP contribution in [0.1, 0.15) is 34.8 Å². The first kappa shape index (κ1) is 21.3. The number of hydrogen-bond acceptors (Lipinski definition) is 4. The number of carbonyl (C=O) groups excluding carboxylic acids is 2. The fraction of sp³-hybridized carbons (Fsp3) is 0.261. The summed E-state index contributed by atoms with van der Waals surface area (Å²) in [7, 11) is 0. The molecule has 0 aliphatic rings. The van der Waals surface area contributed by atoms with Crippen molar-refractivity contribution in [3.05, 3.63) is 83.9 Å². The van der Waals surface area contributed by atoms with E-state index in [1.165, 1.54) is 0 Å². The first-order valence-corrected chi connectivity index (χ1v) is 9.93. The molecule has 0 unspecified atom stereocenters. The molecule has 7 nitrogen and oxygen atoms in total. The number of nitrogens with zero attached hydrogens (tertiary/aromatic N) is 2. The average Bonchev–Trinajstić information content (AvgIpc) is 3.29. The summed E-state index contributed by atoms with van der Waals surface area (Å²) in [5, 5.41) is 5.74. The van der Waals surface area contributed by atoms with E-state index in [1.807, 2.05) is 42.0 Å². The van der Waals surface area contributed by atoms with E-state index >= 15 is 0 Å². The smallest absolute Gasteiger partial charge is 0.251 e. The van der Waals surface area contributed by atoms with Crippen LogP contribution in [0.3, 0.4) is 0 Å². The van der Waals surface area contributed by atoms with Crippen molar-refractivity contribution in [2.45, 2.75) is 33.0 Å². The van der Waals surface area contributed by atoms with Crippen LogP contribution in [0.2, 0.25) is 0 Å². The maximum absolute atomic E-state index is 12.5. The van der Waals surface area contributed by atoms with Gasteiger partial charge in [-0.1, -0.05) is 30.3 Å². The van der Waals surface area contributed by atoms with Crippen molar-refractivity contribution >= 4 is 17.5 Å². The number of ether oxygens (including phenoxy) is 1. The molecular formula is C23H26N4O3. The summed E-state index contributed by atoms with van der Waals surface area (Å²) in [4.78, 5) is 28.6. The van der Waals surface area contributed by atoms with E-state index in [0.717, 1.165) is 11.1 Å². The molecule has 1 heterocycles. The molecule has 0 fully saturated rings. The number of anilines is 1. The Morgan fingerprint density at radius 2 is 1.90 bits per heavy atom. The molecule has 0 saturated carbocycles. The first-order valence-electron chi connectivity index (χ1n) is 9.93. The summed E-state index contributed by atoms with van der Waals surface area (Å²) in [5.41, 5.74) is 3.20. The largest absolute Gasteiger partial charge is 0.377 e. The molecule has 156 valence electrons. The van der Waals surface area contributed by atoms with Crippen molar-refractivity contribution in [2.75, 3.05) is 11.9 Å². The van der Waals surface area contributed by atoms with Gasteiger partial charge in [0.25, 0.3) is 5.91 Å². The van der Waals surface area contributed by atoms with E-state index < -0.39 is 0 Å². The van der Waals surface area contributed by atoms with Gasteiger partial charge in [0.1, 0.15) is 0 Å². The maximum atomic E-state index is 12.5. The van der Waals surface area contributed by atoms with Crippen LogP contribution in [0.15, 0.2) is 67.3 Å². The van der Waals surface area contributed by atoms with Gasteiger partial charge in [0, 0.05) is 49.8 Å². The Labute approximate surface area is 176 Å². The van der Waals surface area contributed by atoms with Gasteiger partial charge in [0.15, 0.2) is 0 Å². The van der Waals surface area contributed by atoms with Gasteiger partial charge in [0.2, 0.25) is 5.91 Å². The summed E-state index contributed by atoms with van der Waals surface area (Å²) in [6.07, 6.45) is 5.48. The Bertz CT molecular complexity index is 953. The van der Waals surface area contributed by atoms with Gasteiger partial charge >= 0.3 is 0 Å². The third-order valence-electron chi connectivity index (χ3n) is 4.51. The Morgan fingerprint density at radius 1 is 1.10 bits per heavy atom. The van der Waals surface area contributed by atoms with E-state index in [0.29, 0.717) is 44.0 Å². The highest BCUT2D eigenvalue weighted by atomic mass is 16.5. The molecule has 0 saturated heterocycles. The van der Waals surface area contributed by atoms with Gasteiger partial charge in [-0.15, -0.1) is 0 Å². The van der Waals surface area contributed by atoms with Crippen LogP contribution < -0.4 is 10.6 Å². The van der Waals surface area contributed by atoms with Crippen molar-refractivity contribution in [2.24, 2.45) is 0 Å². The van der Waals surface area contributed by atoms with Crippen LogP contribution in [-0.2, 0) is 29.2 Å². The molecule has 2 N–H and O–H groups in total. The minimum Gasteiger partial charge on any atom is -0.377 e. The molecule has 1 aromatic heterocycles. The molecule has 0 aliphatic carbocycles. The molecular weight excluding hydrogens is 380 g/mol. The van der Waals surface area contributed by atoms with Gasteiger partial charge in [-0.05, 0) is 36.2 Å². The second kappa shape index (κ2) is 10.9. The molecule has 7 heteroatoms. The zero-order chi connectivity index (χ0) is 21.2. The lowest BCUT2D eigenvalue weighted by Crippen LogP contribution is -2.23. The highest BCUT2D eigenvalue weighted by Crippen LogP contribution is 2.12. The number of hydrogen-bond donors (Lipinski definition) is 2. The summed E-state index contributed by atoms with van der Waals surface area (Å²) in [5.74, 6) is -0.309. The van der Waals surface area contributed by atoms with Crippen molar-refractivity contribution in [1.29, 1.82) is 0 Å². The van der Waals surface area contributed by atoms with Crippen LogP contribution >= 0.6 is 0 Å². The average molecular weight is 406 g/mol. The van der Waals surface area contributed by atoms with E-state index in [2.05, 4.69) is 15.6 Å². The highest BCUT2D eigenvalue weighted by molar-refractivity contribution is 5.97. The third kappa shape index (κ3) is 6.56. The van der Waals surface area contributed by atoms with Crippen LogP contribution in [0, 0.1) is 0 Å². The Kier molecular flexibility index (Phi) is 7.74. The topological polar surface area (TPSA) is 85.3 Å². The summed E-state index contributed by atoms with van der Waals surface area (Å²) in [6, 6.07) is 14.9.